The van der Waals surface area contributed by atoms with Gasteiger partial charge in [-0.3, -0.25) is 4.79 Å². The van der Waals surface area contributed by atoms with E-state index in [2.05, 4.69) is 0 Å². The number of carboxylic acids is 1. The number of carbonyl (C=O) groups excluding carboxylic acids is 1. The molecular formula is C21H17ClFNO4. The van der Waals surface area contributed by atoms with Crippen LogP contribution in [0.1, 0.15) is 15.9 Å². The number of rotatable bonds is 4. The monoisotopic (exact) mass is 401 g/mol. The van der Waals surface area contributed by atoms with Gasteiger partial charge in [0, 0.05) is 23.6 Å². The Labute approximate surface area is 166 Å². The number of likely N-dealkylation sites (tertiary alicyclic amines) is 1. The van der Waals surface area contributed by atoms with Crippen molar-refractivity contribution in [3.63, 3.8) is 0 Å². The molecule has 5 nitrogen and oxygen atoms in total. The van der Waals surface area contributed by atoms with E-state index in [0.29, 0.717) is 22.8 Å². The van der Waals surface area contributed by atoms with Gasteiger partial charge >= 0.3 is 5.97 Å². The molecule has 28 heavy (non-hydrogen) atoms. The quantitative estimate of drug-likeness (QED) is 0.792. The largest absolute Gasteiger partial charge is 0.484 e. The summed E-state index contributed by atoms with van der Waals surface area (Å²) < 4.78 is 18.7. The van der Waals surface area contributed by atoms with Crippen LogP contribution in [-0.2, 0) is 11.2 Å². The van der Waals surface area contributed by atoms with E-state index in [0.717, 1.165) is 22.8 Å². The lowest BCUT2D eigenvalue weighted by Crippen LogP contribution is -2.51. The number of carboxylic acid groups (broad SMARTS) is 1. The number of hydrogen-bond acceptors (Lipinski definition) is 3. The van der Waals surface area contributed by atoms with E-state index in [9.17, 15) is 14.0 Å². The molecule has 0 aromatic heterocycles. The molecular weight excluding hydrogens is 385 g/mol. The van der Waals surface area contributed by atoms with Gasteiger partial charge in [-0.25, -0.2) is 9.18 Å². The Bertz CT molecular complexity index is 967. The number of aliphatic carboxylic acids is 1. The smallest absolute Gasteiger partial charge is 0.328 e. The molecule has 2 heterocycles. The number of halogens is 2. The highest BCUT2D eigenvalue weighted by Crippen LogP contribution is 2.40. The lowest BCUT2D eigenvalue weighted by molar-refractivity contribution is -0.131. The fourth-order valence-corrected chi connectivity index (χ4v) is 3.67. The minimum absolute atomic E-state index is 0.151. The van der Waals surface area contributed by atoms with Gasteiger partial charge in [0.05, 0.1) is 18.1 Å². The molecule has 1 unspecified atom stereocenters. The van der Waals surface area contributed by atoms with Crippen molar-refractivity contribution in [2.24, 2.45) is 0 Å². The average Bonchev–Trinajstić information content (AvgIpc) is 3.07. The maximum absolute atomic E-state index is 12.9. The van der Waals surface area contributed by atoms with Crippen molar-refractivity contribution in [3.05, 3.63) is 64.7 Å². The molecule has 1 saturated heterocycles. The van der Waals surface area contributed by atoms with Gasteiger partial charge < -0.3 is 14.7 Å². The van der Waals surface area contributed by atoms with E-state index in [1.54, 1.807) is 18.2 Å². The lowest BCUT2D eigenvalue weighted by Gasteiger charge is -2.34. The molecule has 2 aliphatic rings. The number of amides is 1. The van der Waals surface area contributed by atoms with Crippen molar-refractivity contribution >= 4 is 23.5 Å². The molecule has 0 spiro atoms. The molecule has 0 radical (unpaired) electrons. The first-order valence-corrected chi connectivity index (χ1v) is 9.22. The van der Waals surface area contributed by atoms with Crippen molar-refractivity contribution in [1.82, 2.24) is 4.90 Å². The van der Waals surface area contributed by atoms with E-state index in [1.165, 1.54) is 11.0 Å². The first-order chi connectivity index (χ1) is 13.4. The van der Waals surface area contributed by atoms with Crippen molar-refractivity contribution in [1.29, 1.82) is 0 Å². The second-order valence-electron chi connectivity index (χ2n) is 6.89. The van der Waals surface area contributed by atoms with E-state index >= 15 is 0 Å². The molecule has 2 aromatic carbocycles. The average molecular weight is 402 g/mol. The topological polar surface area (TPSA) is 66.8 Å². The van der Waals surface area contributed by atoms with E-state index in [4.69, 9.17) is 21.4 Å². The lowest BCUT2D eigenvalue weighted by atomic mass is 9.99. The summed E-state index contributed by atoms with van der Waals surface area (Å²) in [5.41, 5.74) is 3.18. The van der Waals surface area contributed by atoms with Gasteiger partial charge in [-0.05, 0) is 41.5 Å². The number of hydrogen-bond donors (Lipinski definition) is 1. The number of fused-ring (bicyclic) bond motifs is 1. The highest BCUT2D eigenvalue weighted by Gasteiger charge is 2.31. The number of ether oxygens (including phenoxy) is 1. The fraction of sp³-hybridized carbons (Fsp3) is 0.238. The SMILES string of the molecule is O=C(O)C=CC1Cc2cc(-c3ccc(C(=O)N4CC(F)C4)cc3)cc(Cl)c2O1. The van der Waals surface area contributed by atoms with Crippen LogP contribution in [0.3, 0.4) is 0 Å². The van der Waals surface area contributed by atoms with Crippen molar-refractivity contribution in [2.45, 2.75) is 18.7 Å². The first-order valence-electron chi connectivity index (χ1n) is 8.84. The van der Waals surface area contributed by atoms with Crippen molar-refractivity contribution in [2.75, 3.05) is 13.1 Å². The first kappa shape index (κ1) is 18.5. The number of carbonyl (C=O) groups is 2. The second kappa shape index (κ2) is 7.28. The summed E-state index contributed by atoms with van der Waals surface area (Å²) in [6, 6.07) is 10.8. The van der Waals surface area contributed by atoms with Crippen LogP contribution in [0.5, 0.6) is 5.75 Å². The molecule has 1 atom stereocenters. The van der Waals surface area contributed by atoms with Crippen LogP contribution < -0.4 is 4.74 Å². The highest BCUT2D eigenvalue weighted by molar-refractivity contribution is 6.32. The molecule has 2 aliphatic heterocycles. The second-order valence-corrected chi connectivity index (χ2v) is 7.30. The predicted octanol–water partition coefficient (Wildman–Crippen LogP) is 3.75. The highest BCUT2D eigenvalue weighted by atomic mass is 35.5. The summed E-state index contributed by atoms with van der Waals surface area (Å²) in [6.07, 6.45) is 1.80. The number of nitrogens with zero attached hydrogens (tertiary/aromatic N) is 1. The summed E-state index contributed by atoms with van der Waals surface area (Å²) in [7, 11) is 0. The zero-order valence-corrected chi connectivity index (χ0v) is 15.5. The molecule has 7 heteroatoms. The fourth-order valence-electron chi connectivity index (χ4n) is 3.39. The third-order valence-electron chi connectivity index (χ3n) is 4.85. The molecule has 1 amide bonds. The van der Waals surface area contributed by atoms with E-state index in [-0.39, 0.29) is 25.1 Å². The summed E-state index contributed by atoms with van der Waals surface area (Å²) >= 11 is 6.35. The Hall–Kier alpha value is -2.86. The molecule has 4 rings (SSSR count). The van der Waals surface area contributed by atoms with Crippen LogP contribution in [0.25, 0.3) is 11.1 Å². The standard InChI is InChI=1S/C21H17ClFNO4/c22-18-9-14(7-15-8-17(28-20(15)18)5-6-19(25)26)12-1-3-13(4-2-12)21(27)24-10-16(23)11-24/h1-7,9,16-17H,8,10-11H2,(H,25,26). The molecule has 1 fully saturated rings. The minimum Gasteiger partial charge on any atom is -0.484 e. The van der Waals surface area contributed by atoms with Crippen LogP contribution in [0, 0.1) is 0 Å². The van der Waals surface area contributed by atoms with Gasteiger partial charge in [-0.2, -0.15) is 0 Å². The molecule has 1 N–H and O–H groups in total. The Morgan fingerprint density at radius 3 is 2.54 bits per heavy atom. The van der Waals surface area contributed by atoms with Crippen LogP contribution in [-0.4, -0.2) is 47.2 Å². The normalized spacial score (nSPS) is 18.6. The molecule has 0 saturated carbocycles. The maximum atomic E-state index is 12.9. The Morgan fingerprint density at radius 2 is 1.89 bits per heavy atom. The predicted molar refractivity (Wildman–Crippen MR) is 103 cm³/mol. The Balaban J connectivity index is 1.53. The van der Waals surface area contributed by atoms with Gasteiger partial charge in [0.2, 0.25) is 0 Å². The van der Waals surface area contributed by atoms with Crippen LogP contribution >= 0.6 is 11.6 Å². The van der Waals surface area contributed by atoms with Gasteiger partial charge in [-0.1, -0.05) is 23.7 Å². The molecule has 0 bridgehead atoms. The van der Waals surface area contributed by atoms with Gasteiger partial charge in [0.25, 0.3) is 5.91 Å². The summed E-state index contributed by atoms with van der Waals surface area (Å²) in [6.45, 7) is 0.303. The maximum Gasteiger partial charge on any atom is 0.328 e. The number of alkyl halides is 1. The number of benzene rings is 2. The van der Waals surface area contributed by atoms with Crippen LogP contribution in [0.4, 0.5) is 4.39 Å². The third-order valence-corrected chi connectivity index (χ3v) is 5.13. The Kier molecular flexibility index (Phi) is 4.81. The summed E-state index contributed by atoms with van der Waals surface area (Å²) in [5, 5.41) is 9.20. The zero-order chi connectivity index (χ0) is 19.8. The molecule has 0 aliphatic carbocycles. The summed E-state index contributed by atoms with van der Waals surface area (Å²) in [5.74, 6) is -0.633. The van der Waals surface area contributed by atoms with E-state index in [1.807, 2.05) is 18.2 Å². The van der Waals surface area contributed by atoms with Gasteiger partial charge in [0.1, 0.15) is 18.0 Å². The zero-order valence-electron chi connectivity index (χ0n) is 14.8. The summed E-state index contributed by atoms with van der Waals surface area (Å²) in [4.78, 5) is 24.4. The van der Waals surface area contributed by atoms with Crippen molar-refractivity contribution in [3.8, 4) is 16.9 Å². The minimum atomic E-state index is -1.03. The molecule has 2 aromatic rings. The van der Waals surface area contributed by atoms with Gasteiger partial charge in [0.15, 0.2) is 0 Å². The third kappa shape index (κ3) is 3.60. The Morgan fingerprint density at radius 1 is 1.18 bits per heavy atom. The van der Waals surface area contributed by atoms with Crippen molar-refractivity contribution < 1.29 is 23.8 Å². The van der Waals surface area contributed by atoms with E-state index < -0.39 is 12.1 Å². The van der Waals surface area contributed by atoms with Gasteiger partial charge in [-0.15, -0.1) is 0 Å². The molecule has 144 valence electrons. The van der Waals surface area contributed by atoms with Crippen LogP contribution in [0.2, 0.25) is 5.02 Å². The van der Waals surface area contributed by atoms with Crippen LogP contribution in [0.15, 0.2) is 48.6 Å².